The first-order valence-corrected chi connectivity index (χ1v) is 3.87. The first-order chi connectivity index (χ1) is 6.10. The van der Waals surface area contributed by atoms with Crippen LogP contribution in [0.5, 0.6) is 0 Å². The van der Waals surface area contributed by atoms with Crippen LogP contribution in [0.25, 0.3) is 0 Å². The van der Waals surface area contributed by atoms with Gasteiger partial charge >= 0.3 is 5.97 Å². The number of carbonyl (C=O) groups excluding carboxylic acids is 1. The van der Waals surface area contributed by atoms with Crippen LogP contribution in [0.15, 0.2) is 0 Å². The Kier molecular flexibility index (Phi) is 5.82. The Morgan fingerprint density at radius 1 is 1.62 bits per heavy atom. The van der Waals surface area contributed by atoms with Gasteiger partial charge in [0.2, 0.25) is 6.41 Å². The van der Waals surface area contributed by atoms with E-state index in [4.69, 9.17) is 15.9 Å². The highest BCUT2D eigenvalue weighted by Gasteiger charge is 2.09. The number of carbonyl (C=O) groups is 2. The number of nitrogens with zero attached hydrogens (tertiary/aromatic N) is 1. The predicted octanol–water partition coefficient (Wildman–Crippen LogP) is -1.41. The Labute approximate surface area is 75.9 Å². The van der Waals surface area contributed by atoms with Crippen LogP contribution in [0.2, 0.25) is 0 Å². The number of carboxylic acids is 1. The number of amides is 1. The van der Waals surface area contributed by atoms with E-state index in [-0.39, 0.29) is 13.0 Å². The summed E-state index contributed by atoms with van der Waals surface area (Å²) in [4.78, 5) is 21.4. The molecule has 0 aliphatic rings. The smallest absolute Gasteiger partial charge is 0.303 e. The average Bonchev–Trinajstić information content (AvgIpc) is 2.10. The van der Waals surface area contributed by atoms with Gasteiger partial charge in [0.05, 0.1) is 0 Å². The molecule has 0 aromatic rings. The van der Waals surface area contributed by atoms with Gasteiger partial charge in [-0.05, 0) is 6.42 Å². The second-order valence-electron chi connectivity index (χ2n) is 2.71. The number of hydrogen-bond donors (Lipinski definition) is 3. The summed E-state index contributed by atoms with van der Waals surface area (Å²) in [5, 5.41) is 16.9. The van der Waals surface area contributed by atoms with Gasteiger partial charge in [0, 0.05) is 19.0 Å². The first-order valence-electron chi connectivity index (χ1n) is 3.87. The number of aliphatic hydroxyl groups is 1. The molecule has 0 saturated heterocycles. The molecule has 1 atom stereocenters. The number of aliphatic hydroxyl groups excluding tert-OH is 1. The second kappa shape index (κ2) is 6.38. The van der Waals surface area contributed by atoms with E-state index in [1.807, 2.05) is 0 Å². The SMILES string of the molecule is NC(CCC(=O)O)CN(C=O)CO. The van der Waals surface area contributed by atoms with Crippen molar-refractivity contribution in [1.82, 2.24) is 4.90 Å². The molecule has 76 valence electrons. The number of rotatable bonds is 7. The molecular weight excluding hydrogens is 176 g/mol. The van der Waals surface area contributed by atoms with Gasteiger partial charge in [0.25, 0.3) is 0 Å². The number of aliphatic carboxylic acids is 1. The van der Waals surface area contributed by atoms with E-state index in [2.05, 4.69) is 0 Å². The molecule has 13 heavy (non-hydrogen) atoms. The largest absolute Gasteiger partial charge is 0.481 e. The van der Waals surface area contributed by atoms with Crippen molar-refractivity contribution in [2.24, 2.45) is 5.73 Å². The number of carboxylic acid groups (broad SMARTS) is 1. The highest BCUT2D eigenvalue weighted by molar-refractivity contribution is 5.66. The van der Waals surface area contributed by atoms with Gasteiger partial charge in [-0.2, -0.15) is 0 Å². The first kappa shape index (κ1) is 11.9. The Morgan fingerprint density at radius 2 is 2.23 bits per heavy atom. The summed E-state index contributed by atoms with van der Waals surface area (Å²) in [6, 6.07) is -0.409. The minimum atomic E-state index is -0.919. The average molecular weight is 190 g/mol. The van der Waals surface area contributed by atoms with Crippen LogP contribution < -0.4 is 5.73 Å². The highest BCUT2D eigenvalue weighted by Crippen LogP contribution is 1.96. The number of nitrogens with two attached hydrogens (primary N) is 1. The van der Waals surface area contributed by atoms with Crippen LogP contribution in [-0.2, 0) is 9.59 Å². The molecule has 6 heteroatoms. The summed E-state index contributed by atoms with van der Waals surface area (Å²) >= 11 is 0. The molecule has 0 aromatic heterocycles. The Hall–Kier alpha value is -1.14. The summed E-state index contributed by atoms with van der Waals surface area (Å²) in [6.07, 6.45) is 0.736. The van der Waals surface area contributed by atoms with E-state index in [0.717, 1.165) is 4.90 Å². The van der Waals surface area contributed by atoms with E-state index >= 15 is 0 Å². The van der Waals surface area contributed by atoms with Crippen molar-refractivity contribution in [3.63, 3.8) is 0 Å². The molecule has 0 saturated carbocycles. The van der Waals surface area contributed by atoms with Crippen LogP contribution in [0.3, 0.4) is 0 Å². The van der Waals surface area contributed by atoms with Gasteiger partial charge in [-0.3, -0.25) is 9.59 Å². The maximum absolute atomic E-state index is 10.2. The van der Waals surface area contributed by atoms with Gasteiger partial charge in [-0.25, -0.2) is 0 Å². The molecule has 0 heterocycles. The molecule has 1 amide bonds. The molecular formula is C7H14N2O4. The van der Waals surface area contributed by atoms with E-state index < -0.39 is 18.7 Å². The maximum atomic E-state index is 10.2. The fraction of sp³-hybridized carbons (Fsp3) is 0.714. The van der Waals surface area contributed by atoms with Crippen LogP contribution in [0, 0.1) is 0 Å². The fourth-order valence-electron chi connectivity index (χ4n) is 0.835. The molecule has 0 spiro atoms. The maximum Gasteiger partial charge on any atom is 0.303 e. The van der Waals surface area contributed by atoms with E-state index in [1.165, 1.54) is 0 Å². The highest BCUT2D eigenvalue weighted by atomic mass is 16.4. The lowest BCUT2D eigenvalue weighted by molar-refractivity contribution is -0.137. The lowest BCUT2D eigenvalue weighted by atomic mass is 10.1. The van der Waals surface area contributed by atoms with Gasteiger partial charge in [0.15, 0.2) is 0 Å². The monoisotopic (exact) mass is 190 g/mol. The lowest BCUT2D eigenvalue weighted by Crippen LogP contribution is -2.37. The summed E-state index contributed by atoms with van der Waals surface area (Å²) in [7, 11) is 0. The third-order valence-corrected chi connectivity index (χ3v) is 1.53. The molecule has 0 aromatic carbocycles. The van der Waals surface area contributed by atoms with Crippen LogP contribution in [-0.4, -0.2) is 46.8 Å². The fourth-order valence-corrected chi connectivity index (χ4v) is 0.835. The Morgan fingerprint density at radius 3 is 2.62 bits per heavy atom. The Bertz CT molecular complexity index is 174. The molecule has 0 bridgehead atoms. The lowest BCUT2D eigenvalue weighted by Gasteiger charge is -2.18. The van der Waals surface area contributed by atoms with Crippen molar-refractivity contribution >= 4 is 12.4 Å². The minimum Gasteiger partial charge on any atom is -0.481 e. The molecule has 0 aliphatic heterocycles. The van der Waals surface area contributed by atoms with E-state index in [9.17, 15) is 9.59 Å². The van der Waals surface area contributed by atoms with Crippen molar-refractivity contribution in [3.8, 4) is 0 Å². The van der Waals surface area contributed by atoms with Crippen molar-refractivity contribution in [2.75, 3.05) is 13.3 Å². The van der Waals surface area contributed by atoms with E-state index in [1.54, 1.807) is 0 Å². The standard InChI is InChI=1S/C7H14N2O4/c8-6(1-2-7(12)13)3-9(4-10)5-11/h4,6,11H,1-3,5,8H2,(H,12,13). The molecule has 1 unspecified atom stereocenters. The van der Waals surface area contributed by atoms with E-state index in [0.29, 0.717) is 12.8 Å². The predicted molar refractivity (Wildman–Crippen MR) is 44.7 cm³/mol. The molecule has 0 aliphatic carbocycles. The van der Waals surface area contributed by atoms with Crippen molar-refractivity contribution in [3.05, 3.63) is 0 Å². The summed E-state index contributed by atoms with van der Waals surface area (Å²) < 4.78 is 0. The molecule has 6 nitrogen and oxygen atoms in total. The van der Waals surface area contributed by atoms with Crippen molar-refractivity contribution < 1.29 is 19.8 Å². The van der Waals surface area contributed by atoms with Gasteiger partial charge < -0.3 is 20.8 Å². The third kappa shape index (κ3) is 6.06. The quantitative estimate of drug-likeness (QED) is 0.338. The summed E-state index contributed by atoms with van der Waals surface area (Å²) in [5.74, 6) is -0.919. The zero-order valence-corrected chi connectivity index (χ0v) is 7.22. The van der Waals surface area contributed by atoms with Gasteiger partial charge in [-0.1, -0.05) is 0 Å². The second-order valence-corrected chi connectivity index (χ2v) is 2.71. The number of hydrogen-bond acceptors (Lipinski definition) is 4. The molecule has 0 fully saturated rings. The van der Waals surface area contributed by atoms with Crippen LogP contribution in [0.4, 0.5) is 0 Å². The molecule has 4 N–H and O–H groups in total. The topological polar surface area (TPSA) is 104 Å². The summed E-state index contributed by atoms with van der Waals surface area (Å²) in [5.41, 5.74) is 5.50. The van der Waals surface area contributed by atoms with Crippen LogP contribution in [0.1, 0.15) is 12.8 Å². The normalized spacial score (nSPS) is 12.2. The third-order valence-electron chi connectivity index (χ3n) is 1.53. The molecule has 0 rings (SSSR count). The van der Waals surface area contributed by atoms with Crippen LogP contribution >= 0.6 is 0 Å². The summed E-state index contributed by atoms with van der Waals surface area (Å²) in [6.45, 7) is -0.225. The molecule has 0 radical (unpaired) electrons. The Balaban J connectivity index is 3.65. The van der Waals surface area contributed by atoms with Crippen molar-refractivity contribution in [2.45, 2.75) is 18.9 Å². The van der Waals surface area contributed by atoms with Gasteiger partial charge in [-0.15, -0.1) is 0 Å². The zero-order valence-electron chi connectivity index (χ0n) is 7.22. The van der Waals surface area contributed by atoms with Gasteiger partial charge in [0.1, 0.15) is 6.73 Å². The zero-order chi connectivity index (χ0) is 10.3. The minimum absolute atomic E-state index is 0.0285. The van der Waals surface area contributed by atoms with Crippen molar-refractivity contribution in [1.29, 1.82) is 0 Å².